The number of nitrogens with one attached hydrogen (secondary N) is 1. The van der Waals surface area contributed by atoms with Crippen molar-refractivity contribution in [2.24, 2.45) is 0 Å². The Morgan fingerprint density at radius 3 is 2.33 bits per heavy atom. The van der Waals surface area contributed by atoms with Crippen LogP contribution in [0.3, 0.4) is 0 Å². The summed E-state index contributed by atoms with van der Waals surface area (Å²) in [5, 5.41) is 12.0. The predicted octanol–water partition coefficient (Wildman–Crippen LogP) is 1.72. The van der Waals surface area contributed by atoms with E-state index in [0.29, 0.717) is 5.57 Å². The highest BCUT2D eigenvalue weighted by Gasteiger charge is 2.22. The number of hydrogen-bond acceptors (Lipinski definition) is 3. The minimum atomic E-state index is -0.907. The van der Waals surface area contributed by atoms with Gasteiger partial charge < -0.3 is 15.3 Å². The van der Waals surface area contributed by atoms with E-state index >= 15 is 0 Å². The van der Waals surface area contributed by atoms with E-state index in [9.17, 15) is 9.59 Å². The first-order valence-corrected chi connectivity index (χ1v) is 6.98. The van der Waals surface area contributed by atoms with Gasteiger partial charge in [-0.25, -0.2) is 0 Å². The fourth-order valence-electron chi connectivity index (χ4n) is 2.15. The topological polar surface area (TPSA) is 69.6 Å². The van der Waals surface area contributed by atoms with Gasteiger partial charge >= 0.3 is 5.97 Å². The molecule has 21 heavy (non-hydrogen) atoms. The molecule has 0 unspecified atom stereocenters. The molecule has 5 nitrogen and oxygen atoms in total. The van der Waals surface area contributed by atoms with Crippen LogP contribution in [-0.2, 0) is 9.59 Å². The number of anilines is 1. The van der Waals surface area contributed by atoms with E-state index in [0.717, 1.165) is 29.9 Å². The van der Waals surface area contributed by atoms with E-state index in [1.807, 2.05) is 31.2 Å². The number of carbonyl (C=O) groups excluding carboxylic acids is 1. The highest BCUT2D eigenvalue weighted by Crippen LogP contribution is 2.20. The SMILES string of the molecule is CC(C(=O)N(CCC(=O)O)c1ccc(C)cc1)=C1CNC1. The normalized spacial score (nSPS) is 13.5. The second kappa shape index (κ2) is 6.54. The fraction of sp³-hybridized carbons (Fsp3) is 0.375. The Morgan fingerprint density at radius 2 is 1.86 bits per heavy atom. The van der Waals surface area contributed by atoms with Crippen LogP contribution in [0.1, 0.15) is 18.9 Å². The summed E-state index contributed by atoms with van der Waals surface area (Å²) in [6.07, 6.45) is -0.0690. The molecule has 0 aromatic heterocycles. The lowest BCUT2D eigenvalue weighted by Crippen LogP contribution is -2.40. The van der Waals surface area contributed by atoms with E-state index in [1.54, 1.807) is 11.8 Å². The van der Waals surface area contributed by atoms with Crippen LogP contribution in [0.2, 0.25) is 0 Å². The highest BCUT2D eigenvalue weighted by atomic mass is 16.4. The maximum absolute atomic E-state index is 12.6. The van der Waals surface area contributed by atoms with Crippen molar-refractivity contribution >= 4 is 17.6 Å². The molecular weight excluding hydrogens is 268 g/mol. The monoisotopic (exact) mass is 288 g/mol. The number of carboxylic acids is 1. The quantitative estimate of drug-likeness (QED) is 0.809. The zero-order valence-corrected chi connectivity index (χ0v) is 12.3. The van der Waals surface area contributed by atoms with E-state index in [2.05, 4.69) is 5.32 Å². The third kappa shape index (κ3) is 3.70. The van der Waals surface area contributed by atoms with Gasteiger partial charge in [-0.15, -0.1) is 0 Å². The summed E-state index contributed by atoms with van der Waals surface area (Å²) in [6, 6.07) is 7.55. The van der Waals surface area contributed by atoms with Crippen molar-refractivity contribution < 1.29 is 14.7 Å². The zero-order valence-electron chi connectivity index (χ0n) is 12.3. The number of carbonyl (C=O) groups is 2. The summed E-state index contributed by atoms with van der Waals surface area (Å²) in [5.41, 5.74) is 3.63. The lowest BCUT2D eigenvalue weighted by Gasteiger charge is -2.27. The molecule has 1 aliphatic rings. The van der Waals surface area contributed by atoms with E-state index in [4.69, 9.17) is 5.11 Å². The van der Waals surface area contributed by atoms with Crippen LogP contribution in [0, 0.1) is 6.92 Å². The van der Waals surface area contributed by atoms with E-state index in [1.165, 1.54) is 0 Å². The standard InChI is InChI=1S/C16H20N2O3/c1-11-3-5-14(6-4-11)18(8-7-15(19)20)16(21)12(2)13-9-17-10-13/h3-6,17H,7-10H2,1-2H3,(H,19,20). The van der Waals surface area contributed by atoms with Crippen LogP contribution >= 0.6 is 0 Å². The molecule has 0 spiro atoms. The van der Waals surface area contributed by atoms with E-state index < -0.39 is 5.97 Å². The molecule has 1 aromatic carbocycles. The van der Waals surface area contributed by atoms with Gasteiger partial charge in [0.15, 0.2) is 0 Å². The molecule has 0 saturated carbocycles. The number of nitrogens with zero attached hydrogens (tertiary/aromatic N) is 1. The number of aryl methyl sites for hydroxylation is 1. The molecule has 0 bridgehead atoms. The van der Waals surface area contributed by atoms with Crippen molar-refractivity contribution in [3.63, 3.8) is 0 Å². The molecule has 1 aromatic rings. The Balaban J connectivity index is 2.24. The Labute approximate surface area is 124 Å². The molecule has 1 fully saturated rings. The van der Waals surface area contributed by atoms with Gasteiger partial charge in [-0.05, 0) is 31.6 Å². The third-order valence-electron chi connectivity index (χ3n) is 3.67. The van der Waals surface area contributed by atoms with Crippen LogP contribution in [0.5, 0.6) is 0 Å². The highest BCUT2D eigenvalue weighted by molar-refractivity contribution is 6.06. The number of carboxylic acid groups (broad SMARTS) is 1. The van der Waals surface area contributed by atoms with Crippen LogP contribution in [0.4, 0.5) is 5.69 Å². The second-order valence-electron chi connectivity index (χ2n) is 5.27. The Hall–Kier alpha value is -2.14. The van der Waals surface area contributed by atoms with Gasteiger partial charge in [-0.3, -0.25) is 9.59 Å². The van der Waals surface area contributed by atoms with Crippen molar-refractivity contribution in [2.45, 2.75) is 20.3 Å². The van der Waals surface area contributed by atoms with Gasteiger partial charge in [0, 0.05) is 30.9 Å². The summed E-state index contributed by atoms with van der Waals surface area (Å²) in [4.78, 5) is 25.0. The Bertz CT molecular complexity index is 570. The summed E-state index contributed by atoms with van der Waals surface area (Å²) in [6.45, 7) is 5.42. The molecule has 1 amide bonds. The number of aliphatic carboxylic acids is 1. The zero-order chi connectivity index (χ0) is 15.4. The molecule has 2 rings (SSSR count). The van der Waals surface area contributed by atoms with E-state index in [-0.39, 0.29) is 18.9 Å². The molecular formula is C16H20N2O3. The lowest BCUT2D eigenvalue weighted by atomic mass is 10.0. The van der Waals surface area contributed by atoms with Crippen molar-refractivity contribution in [3.05, 3.63) is 41.0 Å². The summed E-state index contributed by atoms with van der Waals surface area (Å²) in [7, 11) is 0. The molecule has 1 saturated heterocycles. The summed E-state index contributed by atoms with van der Waals surface area (Å²) < 4.78 is 0. The van der Waals surface area contributed by atoms with Gasteiger partial charge in [-0.2, -0.15) is 0 Å². The molecule has 1 heterocycles. The minimum Gasteiger partial charge on any atom is -0.481 e. The maximum Gasteiger partial charge on any atom is 0.305 e. The van der Waals surface area contributed by atoms with Crippen molar-refractivity contribution in [1.29, 1.82) is 0 Å². The average Bonchev–Trinajstić information content (AvgIpc) is 2.38. The van der Waals surface area contributed by atoms with Gasteiger partial charge in [0.05, 0.1) is 6.42 Å². The predicted molar refractivity (Wildman–Crippen MR) is 81.4 cm³/mol. The smallest absolute Gasteiger partial charge is 0.305 e. The molecule has 2 N–H and O–H groups in total. The lowest BCUT2D eigenvalue weighted by molar-refractivity contribution is -0.136. The van der Waals surface area contributed by atoms with Crippen molar-refractivity contribution in [3.8, 4) is 0 Å². The fourth-order valence-corrected chi connectivity index (χ4v) is 2.15. The van der Waals surface area contributed by atoms with Gasteiger partial charge in [0.1, 0.15) is 0 Å². The molecule has 0 aliphatic carbocycles. The van der Waals surface area contributed by atoms with Crippen molar-refractivity contribution in [2.75, 3.05) is 24.5 Å². The third-order valence-corrected chi connectivity index (χ3v) is 3.67. The molecule has 5 heteroatoms. The van der Waals surface area contributed by atoms with Crippen LogP contribution in [-0.4, -0.2) is 36.6 Å². The molecule has 1 aliphatic heterocycles. The number of amides is 1. The first-order chi connectivity index (χ1) is 9.99. The van der Waals surface area contributed by atoms with Gasteiger partial charge in [0.25, 0.3) is 5.91 Å². The number of rotatable bonds is 5. The Morgan fingerprint density at radius 1 is 1.24 bits per heavy atom. The number of hydrogen-bond donors (Lipinski definition) is 2. The van der Waals surface area contributed by atoms with Crippen LogP contribution in [0.15, 0.2) is 35.4 Å². The van der Waals surface area contributed by atoms with Gasteiger partial charge in [0.2, 0.25) is 0 Å². The maximum atomic E-state index is 12.6. The second-order valence-corrected chi connectivity index (χ2v) is 5.27. The summed E-state index contributed by atoms with van der Waals surface area (Å²) in [5.74, 6) is -1.02. The average molecular weight is 288 g/mol. The first kappa shape index (κ1) is 15.3. The molecule has 0 atom stereocenters. The largest absolute Gasteiger partial charge is 0.481 e. The molecule has 0 radical (unpaired) electrons. The van der Waals surface area contributed by atoms with Gasteiger partial charge in [-0.1, -0.05) is 17.7 Å². The minimum absolute atomic E-state index is 0.0690. The molecule has 112 valence electrons. The first-order valence-electron chi connectivity index (χ1n) is 6.98. The number of benzene rings is 1. The summed E-state index contributed by atoms with van der Waals surface area (Å²) >= 11 is 0. The Kier molecular flexibility index (Phi) is 4.75. The van der Waals surface area contributed by atoms with Crippen molar-refractivity contribution in [1.82, 2.24) is 5.32 Å². The van der Waals surface area contributed by atoms with Crippen LogP contribution in [0.25, 0.3) is 0 Å². The van der Waals surface area contributed by atoms with Crippen LogP contribution < -0.4 is 10.2 Å².